The maximum absolute atomic E-state index is 12.7. The third-order valence-electron chi connectivity index (χ3n) is 9.16. The second kappa shape index (κ2) is 39.1. The van der Waals surface area contributed by atoms with Crippen LogP contribution in [0.15, 0.2) is 97.2 Å². The van der Waals surface area contributed by atoms with Crippen LogP contribution >= 0.6 is 0 Å². The van der Waals surface area contributed by atoms with E-state index < -0.39 is 18.1 Å². The first-order chi connectivity index (χ1) is 27.6. The molecule has 0 aromatic carbocycles. The van der Waals surface area contributed by atoms with Crippen LogP contribution in [0.2, 0.25) is 0 Å². The van der Waals surface area contributed by atoms with Crippen molar-refractivity contribution >= 4 is 17.9 Å². The number of hydrogen-bond acceptors (Lipinski definition) is 6. The highest BCUT2D eigenvalue weighted by Crippen LogP contribution is 2.12. The van der Waals surface area contributed by atoms with Gasteiger partial charge >= 0.3 is 17.9 Å². The molecule has 0 rings (SSSR count). The monoisotopic (exact) mass is 795 g/mol. The molecule has 0 saturated carbocycles. The van der Waals surface area contributed by atoms with E-state index in [9.17, 15) is 19.5 Å². The second-order valence-electron chi connectivity index (χ2n) is 15.4. The number of allylic oxidation sites excluding steroid dienone is 16. The van der Waals surface area contributed by atoms with Gasteiger partial charge in [0.05, 0.1) is 34.4 Å². The van der Waals surface area contributed by atoms with Crippen molar-refractivity contribution in [3.8, 4) is 0 Å². The minimum Gasteiger partial charge on any atom is -0.477 e. The Morgan fingerprint density at radius 1 is 0.544 bits per heavy atom. The Bertz CT molecular complexity index is 1250. The lowest BCUT2D eigenvalue weighted by Crippen LogP contribution is -2.50. The summed E-state index contributed by atoms with van der Waals surface area (Å²) in [5.74, 6) is -1.56. The lowest BCUT2D eigenvalue weighted by Gasteiger charge is -2.31. The van der Waals surface area contributed by atoms with Gasteiger partial charge in [0.1, 0.15) is 6.61 Å². The fourth-order valence-corrected chi connectivity index (χ4v) is 5.76. The molecule has 0 aromatic rings. The highest BCUT2D eigenvalue weighted by Gasteiger charge is 2.31. The molecule has 0 aliphatic rings. The van der Waals surface area contributed by atoms with E-state index in [1.165, 1.54) is 32.1 Å². The predicted molar refractivity (Wildman–Crippen MR) is 238 cm³/mol. The summed E-state index contributed by atoms with van der Waals surface area (Å²) in [6, 6.07) is -0.632. The Balaban J connectivity index is 4.49. The number of aliphatic carboxylic acids is 1. The molecule has 0 heterocycles. The Kier molecular flexibility index (Phi) is 36.5. The van der Waals surface area contributed by atoms with Gasteiger partial charge in [-0.2, -0.15) is 0 Å². The Morgan fingerprint density at radius 2 is 0.982 bits per heavy atom. The summed E-state index contributed by atoms with van der Waals surface area (Å²) in [6.45, 7) is 4.48. The van der Waals surface area contributed by atoms with Crippen molar-refractivity contribution in [1.29, 1.82) is 0 Å². The van der Waals surface area contributed by atoms with Gasteiger partial charge in [0.2, 0.25) is 0 Å². The van der Waals surface area contributed by atoms with Crippen LogP contribution in [-0.2, 0) is 28.6 Å². The lowest BCUT2D eigenvalue weighted by atomic mass is 10.1. The maximum Gasteiger partial charge on any atom is 0.362 e. The largest absolute Gasteiger partial charge is 0.477 e. The Morgan fingerprint density at radius 3 is 1.47 bits per heavy atom. The Labute approximate surface area is 347 Å². The first-order valence-corrected chi connectivity index (χ1v) is 21.9. The minimum atomic E-state index is -0.891. The average molecular weight is 795 g/mol. The molecule has 8 nitrogen and oxygen atoms in total. The van der Waals surface area contributed by atoms with Crippen molar-refractivity contribution in [1.82, 2.24) is 0 Å². The van der Waals surface area contributed by atoms with Crippen LogP contribution in [0.25, 0.3) is 0 Å². The number of carbonyl (C=O) groups excluding carboxylic acids is 2. The van der Waals surface area contributed by atoms with Gasteiger partial charge in [0, 0.05) is 19.3 Å². The fourth-order valence-electron chi connectivity index (χ4n) is 5.76. The van der Waals surface area contributed by atoms with Gasteiger partial charge in [-0.3, -0.25) is 9.59 Å². The number of carboxylic acid groups (broad SMARTS) is 1. The summed E-state index contributed by atoms with van der Waals surface area (Å²) in [7, 11) is 5.49. The van der Waals surface area contributed by atoms with Crippen molar-refractivity contribution in [3.63, 3.8) is 0 Å². The molecule has 0 amide bonds. The molecular weight excluding hydrogens is 715 g/mol. The van der Waals surface area contributed by atoms with Crippen molar-refractivity contribution in [3.05, 3.63) is 97.2 Å². The summed E-state index contributed by atoms with van der Waals surface area (Å²) < 4.78 is 17.2. The van der Waals surface area contributed by atoms with Crippen LogP contribution < -0.4 is 0 Å². The molecule has 0 saturated heterocycles. The van der Waals surface area contributed by atoms with Crippen molar-refractivity contribution in [2.24, 2.45) is 0 Å². The van der Waals surface area contributed by atoms with Crippen LogP contribution in [0.1, 0.15) is 142 Å². The number of likely N-dealkylation sites (N-methyl/N-ethyl adjacent to an activating group) is 1. The predicted octanol–water partition coefficient (Wildman–Crippen LogP) is 11.9. The first kappa shape index (κ1) is 53.2. The van der Waals surface area contributed by atoms with E-state index in [0.717, 1.165) is 70.6 Å². The van der Waals surface area contributed by atoms with E-state index in [1.807, 2.05) is 69.8 Å². The first-order valence-electron chi connectivity index (χ1n) is 21.9. The molecule has 322 valence electrons. The number of quaternary nitrogens is 1. The zero-order chi connectivity index (χ0) is 42.1. The van der Waals surface area contributed by atoms with Crippen LogP contribution in [0.5, 0.6) is 0 Å². The molecular formula is C49H80NO7+. The molecule has 8 heteroatoms. The summed E-state index contributed by atoms with van der Waals surface area (Å²) in [4.78, 5) is 37.0. The summed E-state index contributed by atoms with van der Waals surface area (Å²) >= 11 is 0. The summed E-state index contributed by atoms with van der Waals surface area (Å²) in [5.41, 5.74) is 0. The van der Waals surface area contributed by atoms with Crippen molar-refractivity contribution in [2.75, 3.05) is 41.0 Å². The van der Waals surface area contributed by atoms with E-state index in [1.54, 1.807) is 0 Å². The molecule has 0 fully saturated rings. The number of ether oxygens (including phenoxy) is 3. The molecule has 0 aromatic heterocycles. The van der Waals surface area contributed by atoms with E-state index in [4.69, 9.17) is 14.2 Å². The fraction of sp³-hybridized carbons (Fsp3) is 0.612. The second-order valence-corrected chi connectivity index (χ2v) is 15.4. The molecule has 0 aliphatic carbocycles. The zero-order valence-corrected chi connectivity index (χ0v) is 36.5. The van der Waals surface area contributed by atoms with Gasteiger partial charge in [0.15, 0.2) is 12.1 Å². The van der Waals surface area contributed by atoms with E-state index in [0.29, 0.717) is 19.3 Å². The van der Waals surface area contributed by atoms with Gasteiger partial charge in [-0.25, -0.2) is 4.79 Å². The number of hydrogen-bond donors (Lipinski definition) is 1. The van der Waals surface area contributed by atoms with Crippen molar-refractivity contribution < 1.29 is 38.2 Å². The quantitative estimate of drug-likeness (QED) is 0.0289. The maximum atomic E-state index is 12.7. The standard InChI is InChI=1S/C49H79NO7/c1-6-8-10-12-14-16-18-20-22-23-24-26-27-29-31-33-35-37-39-47(51)56-44-45(43-55-42-41-46(49(53)54)50(3,4)5)57-48(52)40-38-36-34-32-30-28-25-21-19-17-15-13-11-9-7-2/h9,11,13,15,17-26,28,30,45-46H,6-8,10,12,14,16,27,29,31-44H2,1-5H3/p+1/b11-9+,15-13+,19-17+,20-18+,23-22+,25-21+,26-24+,30-28+. The van der Waals surface area contributed by atoms with Gasteiger partial charge in [0.25, 0.3) is 0 Å². The molecule has 2 unspecified atom stereocenters. The molecule has 0 spiro atoms. The number of unbranched alkanes of at least 4 members (excludes halogenated alkanes) is 13. The average Bonchev–Trinajstić information content (AvgIpc) is 3.17. The molecule has 57 heavy (non-hydrogen) atoms. The highest BCUT2D eigenvalue weighted by molar-refractivity contribution is 5.72. The van der Waals surface area contributed by atoms with Crippen LogP contribution in [0, 0.1) is 0 Å². The topological polar surface area (TPSA) is 99.1 Å². The third-order valence-corrected chi connectivity index (χ3v) is 9.16. The minimum absolute atomic E-state index is 0.0301. The number of nitrogens with zero attached hydrogens (tertiary/aromatic N) is 1. The summed E-state index contributed by atoms with van der Waals surface area (Å²) in [6.07, 6.45) is 51.6. The molecule has 1 N–H and O–H groups in total. The highest BCUT2D eigenvalue weighted by atomic mass is 16.6. The van der Waals surface area contributed by atoms with E-state index >= 15 is 0 Å². The van der Waals surface area contributed by atoms with Gasteiger partial charge in [-0.05, 0) is 57.8 Å². The van der Waals surface area contributed by atoms with Crippen LogP contribution in [0.4, 0.5) is 0 Å². The number of carboxylic acids is 1. The third kappa shape index (κ3) is 37.6. The van der Waals surface area contributed by atoms with Gasteiger partial charge in [-0.15, -0.1) is 0 Å². The number of rotatable bonds is 37. The summed E-state index contributed by atoms with van der Waals surface area (Å²) in [5, 5.41) is 9.62. The van der Waals surface area contributed by atoms with Gasteiger partial charge < -0.3 is 23.8 Å². The number of esters is 2. The Hall–Kier alpha value is -3.75. The van der Waals surface area contributed by atoms with E-state index in [-0.39, 0.29) is 42.7 Å². The molecule has 0 bridgehead atoms. The SMILES string of the molecule is CC/C=C/C=C/C=C/C=C/C=C/CCCCCC(=O)OC(COCCC(C(=O)O)[N+](C)(C)C)COC(=O)CCCCCCC/C=C/C=C/C=C/CCCCCCC. The molecule has 0 radical (unpaired) electrons. The normalized spacial score (nSPS) is 13.9. The zero-order valence-electron chi connectivity index (χ0n) is 36.5. The lowest BCUT2D eigenvalue weighted by molar-refractivity contribution is -0.887. The van der Waals surface area contributed by atoms with E-state index in [2.05, 4.69) is 62.5 Å². The van der Waals surface area contributed by atoms with Gasteiger partial charge in [-0.1, -0.05) is 162 Å². The molecule has 0 aliphatic heterocycles. The van der Waals surface area contributed by atoms with Crippen LogP contribution in [-0.4, -0.2) is 80.6 Å². The molecule has 2 atom stereocenters. The van der Waals surface area contributed by atoms with Crippen LogP contribution in [0.3, 0.4) is 0 Å². The smallest absolute Gasteiger partial charge is 0.362 e. The van der Waals surface area contributed by atoms with Crippen molar-refractivity contribution in [2.45, 2.75) is 154 Å². The number of carbonyl (C=O) groups is 3.